The maximum absolute atomic E-state index is 12.6. The van der Waals surface area contributed by atoms with Crippen molar-refractivity contribution in [1.82, 2.24) is 15.0 Å². The fourth-order valence-corrected chi connectivity index (χ4v) is 3.73. The summed E-state index contributed by atoms with van der Waals surface area (Å²) in [6, 6.07) is 13.4. The first-order chi connectivity index (χ1) is 14.0. The first-order valence-corrected chi connectivity index (χ1v) is 9.66. The summed E-state index contributed by atoms with van der Waals surface area (Å²) in [5.74, 6) is -0.216. The van der Waals surface area contributed by atoms with Gasteiger partial charge in [-0.3, -0.25) is 9.59 Å². The van der Waals surface area contributed by atoms with E-state index in [-0.39, 0.29) is 0 Å². The van der Waals surface area contributed by atoms with Gasteiger partial charge in [0.05, 0.1) is 22.4 Å². The number of hydrogen-bond donors (Lipinski definition) is 0. The SMILES string of the molecule is Cc1noc(CSc2ccccc2C(=O)OCN2C(=O)c3ccccc3C2=O)n1. The van der Waals surface area contributed by atoms with Crippen LogP contribution in [0.15, 0.2) is 57.9 Å². The zero-order chi connectivity index (χ0) is 20.4. The average Bonchev–Trinajstić information content (AvgIpc) is 3.26. The molecule has 2 heterocycles. The van der Waals surface area contributed by atoms with Crippen LogP contribution in [0, 0.1) is 6.92 Å². The van der Waals surface area contributed by atoms with Gasteiger partial charge >= 0.3 is 5.97 Å². The first-order valence-electron chi connectivity index (χ1n) is 8.68. The third-order valence-corrected chi connectivity index (χ3v) is 5.29. The predicted molar refractivity (Wildman–Crippen MR) is 102 cm³/mol. The lowest BCUT2D eigenvalue weighted by molar-refractivity contribution is 0.0225. The molecule has 8 nitrogen and oxygen atoms in total. The highest BCUT2D eigenvalue weighted by Gasteiger charge is 2.35. The van der Waals surface area contributed by atoms with Gasteiger partial charge in [-0.05, 0) is 31.2 Å². The molecule has 0 fully saturated rings. The molecule has 2 aromatic carbocycles. The number of benzene rings is 2. The van der Waals surface area contributed by atoms with Crippen molar-refractivity contribution in [3.8, 4) is 0 Å². The molecular formula is C20H15N3O5S. The molecule has 0 bridgehead atoms. The molecule has 29 heavy (non-hydrogen) atoms. The molecule has 0 atom stereocenters. The number of thioether (sulfide) groups is 1. The highest BCUT2D eigenvalue weighted by atomic mass is 32.2. The van der Waals surface area contributed by atoms with E-state index >= 15 is 0 Å². The summed E-state index contributed by atoms with van der Waals surface area (Å²) < 4.78 is 10.3. The topological polar surface area (TPSA) is 103 Å². The van der Waals surface area contributed by atoms with Crippen molar-refractivity contribution in [2.75, 3.05) is 6.73 Å². The Balaban J connectivity index is 1.43. The Kier molecular flexibility index (Phi) is 5.13. The van der Waals surface area contributed by atoms with Gasteiger partial charge in [0.15, 0.2) is 12.6 Å². The third kappa shape index (κ3) is 3.77. The van der Waals surface area contributed by atoms with Crippen LogP contribution in [-0.2, 0) is 10.5 Å². The number of carbonyl (C=O) groups is 3. The second-order valence-corrected chi connectivity index (χ2v) is 7.18. The predicted octanol–water partition coefficient (Wildman–Crippen LogP) is 3.08. The van der Waals surface area contributed by atoms with Crippen molar-refractivity contribution in [3.63, 3.8) is 0 Å². The van der Waals surface area contributed by atoms with Crippen molar-refractivity contribution in [1.29, 1.82) is 0 Å². The van der Waals surface area contributed by atoms with Gasteiger partial charge in [-0.1, -0.05) is 29.4 Å². The quantitative estimate of drug-likeness (QED) is 0.348. The minimum Gasteiger partial charge on any atom is -0.440 e. The number of carbonyl (C=O) groups excluding carboxylic acids is 3. The van der Waals surface area contributed by atoms with Crippen LogP contribution in [0.4, 0.5) is 0 Å². The molecule has 0 aliphatic carbocycles. The summed E-state index contributed by atoms with van der Waals surface area (Å²) in [5, 5.41) is 3.73. The van der Waals surface area contributed by atoms with Crippen LogP contribution in [0.1, 0.15) is 42.8 Å². The second kappa shape index (κ2) is 7.88. The zero-order valence-corrected chi connectivity index (χ0v) is 16.1. The van der Waals surface area contributed by atoms with Crippen molar-refractivity contribution in [2.24, 2.45) is 0 Å². The van der Waals surface area contributed by atoms with Crippen LogP contribution >= 0.6 is 11.8 Å². The standard InChI is InChI=1S/C20H15N3O5S/c1-12-21-17(28-22-12)10-29-16-9-5-4-8-15(16)20(26)27-11-23-18(24)13-6-2-3-7-14(13)19(23)25/h2-9H,10-11H2,1H3. The van der Waals surface area contributed by atoms with Crippen molar-refractivity contribution >= 4 is 29.5 Å². The van der Waals surface area contributed by atoms with Gasteiger partial charge in [0.25, 0.3) is 11.8 Å². The van der Waals surface area contributed by atoms with E-state index in [1.165, 1.54) is 11.8 Å². The highest BCUT2D eigenvalue weighted by Crippen LogP contribution is 2.27. The molecule has 0 N–H and O–H groups in total. The number of imide groups is 1. The number of nitrogens with zero attached hydrogens (tertiary/aromatic N) is 3. The van der Waals surface area contributed by atoms with Gasteiger partial charge in [-0.25, -0.2) is 9.69 Å². The molecule has 0 unspecified atom stereocenters. The zero-order valence-electron chi connectivity index (χ0n) is 15.3. The van der Waals surface area contributed by atoms with Gasteiger partial charge < -0.3 is 9.26 Å². The minimum atomic E-state index is -0.633. The number of esters is 1. The van der Waals surface area contributed by atoms with E-state index in [0.29, 0.717) is 39.1 Å². The smallest absolute Gasteiger partial charge is 0.341 e. The number of rotatable bonds is 6. The molecular weight excluding hydrogens is 394 g/mol. The Hall–Kier alpha value is -3.46. The lowest BCUT2D eigenvalue weighted by Gasteiger charge is -2.15. The maximum Gasteiger partial charge on any atom is 0.341 e. The molecule has 4 rings (SSSR count). The fourth-order valence-electron chi connectivity index (χ4n) is 2.86. The molecule has 0 saturated heterocycles. The van der Waals surface area contributed by atoms with Crippen molar-refractivity contribution < 1.29 is 23.6 Å². The van der Waals surface area contributed by atoms with Gasteiger partial charge in [-0.15, -0.1) is 11.8 Å². The van der Waals surface area contributed by atoms with Crippen LogP contribution in [0.2, 0.25) is 0 Å². The molecule has 1 aromatic heterocycles. The third-order valence-electron chi connectivity index (χ3n) is 4.23. The van der Waals surface area contributed by atoms with Crippen LogP contribution < -0.4 is 0 Å². The summed E-state index contributed by atoms with van der Waals surface area (Å²) in [7, 11) is 0. The van der Waals surface area contributed by atoms with E-state index in [0.717, 1.165) is 4.90 Å². The molecule has 146 valence electrons. The van der Waals surface area contributed by atoms with E-state index in [1.54, 1.807) is 55.5 Å². The second-order valence-electron chi connectivity index (χ2n) is 6.16. The van der Waals surface area contributed by atoms with E-state index in [1.807, 2.05) is 0 Å². The molecule has 0 spiro atoms. The van der Waals surface area contributed by atoms with Gasteiger partial charge in [0, 0.05) is 4.90 Å². The first kappa shape index (κ1) is 18.9. The summed E-state index contributed by atoms with van der Waals surface area (Å²) in [5.41, 5.74) is 0.934. The van der Waals surface area contributed by atoms with E-state index in [9.17, 15) is 14.4 Å². The molecule has 0 radical (unpaired) electrons. The number of fused-ring (bicyclic) bond motifs is 1. The van der Waals surface area contributed by atoms with E-state index < -0.39 is 24.5 Å². The fraction of sp³-hybridized carbons (Fsp3) is 0.150. The Labute approximate surface area is 169 Å². The van der Waals surface area contributed by atoms with Crippen molar-refractivity contribution in [3.05, 3.63) is 76.9 Å². The van der Waals surface area contributed by atoms with Gasteiger partial charge in [-0.2, -0.15) is 4.98 Å². The summed E-state index contributed by atoms with van der Waals surface area (Å²) in [4.78, 5) is 43.0. The number of amides is 2. The van der Waals surface area contributed by atoms with Crippen LogP contribution in [0.3, 0.4) is 0 Å². The molecule has 1 aliphatic heterocycles. The number of ether oxygens (including phenoxy) is 1. The lowest BCUT2D eigenvalue weighted by Crippen LogP contribution is -2.33. The molecule has 2 amide bonds. The molecule has 0 saturated carbocycles. The molecule has 3 aromatic rings. The van der Waals surface area contributed by atoms with Gasteiger partial charge in [0.2, 0.25) is 5.89 Å². The van der Waals surface area contributed by atoms with E-state index in [2.05, 4.69) is 10.1 Å². The monoisotopic (exact) mass is 409 g/mol. The highest BCUT2D eigenvalue weighted by molar-refractivity contribution is 7.98. The summed E-state index contributed by atoms with van der Waals surface area (Å²) in [6.07, 6.45) is 0. The maximum atomic E-state index is 12.6. The minimum absolute atomic E-state index is 0.305. The normalized spacial score (nSPS) is 12.9. The average molecular weight is 409 g/mol. The number of hydrogen-bond acceptors (Lipinski definition) is 8. The number of aryl methyl sites for hydroxylation is 1. The van der Waals surface area contributed by atoms with E-state index in [4.69, 9.17) is 9.26 Å². The Bertz CT molecular complexity index is 1080. The van der Waals surface area contributed by atoms with Crippen LogP contribution in [0.5, 0.6) is 0 Å². The summed E-state index contributed by atoms with van der Waals surface area (Å²) in [6.45, 7) is 1.27. The van der Waals surface area contributed by atoms with Crippen LogP contribution in [0.25, 0.3) is 0 Å². The van der Waals surface area contributed by atoms with Gasteiger partial charge in [0.1, 0.15) is 0 Å². The largest absolute Gasteiger partial charge is 0.440 e. The Morgan fingerprint density at radius 2 is 1.72 bits per heavy atom. The number of aromatic nitrogens is 2. The van der Waals surface area contributed by atoms with Crippen LogP contribution in [-0.4, -0.2) is 39.6 Å². The Morgan fingerprint density at radius 1 is 1.07 bits per heavy atom. The molecule has 9 heteroatoms. The lowest BCUT2D eigenvalue weighted by atomic mass is 10.1. The Morgan fingerprint density at radius 3 is 2.38 bits per heavy atom. The molecule has 1 aliphatic rings. The summed E-state index contributed by atoms with van der Waals surface area (Å²) >= 11 is 1.35. The van der Waals surface area contributed by atoms with Crippen molar-refractivity contribution in [2.45, 2.75) is 17.6 Å².